The highest BCUT2D eigenvalue weighted by Gasteiger charge is 2.14. The van der Waals surface area contributed by atoms with E-state index < -0.39 is 10.0 Å². The zero-order chi connectivity index (χ0) is 15.8. The van der Waals surface area contributed by atoms with Gasteiger partial charge in [-0.15, -0.1) is 0 Å². The van der Waals surface area contributed by atoms with Gasteiger partial charge in [0.25, 0.3) is 0 Å². The van der Waals surface area contributed by atoms with Crippen molar-refractivity contribution in [2.24, 2.45) is 10.7 Å². The van der Waals surface area contributed by atoms with Crippen LogP contribution in [0.15, 0.2) is 34.4 Å². The molecule has 7 nitrogen and oxygen atoms in total. The Morgan fingerprint density at radius 2 is 2.14 bits per heavy atom. The summed E-state index contributed by atoms with van der Waals surface area (Å²) in [6.45, 7) is 0.495. The smallest absolute Gasteiger partial charge is 0.242 e. The van der Waals surface area contributed by atoms with Crippen LogP contribution in [0, 0.1) is 0 Å². The van der Waals surface area contributed by atoms with E-state index in [9.17, 15) is 8.42 Å². The summed E-state index contributed by atoms with van der Waals surface area (Å²) < 4.78 is 26.4. The van der Waals surface area contributed by atoms with Crippen molar-refractivity contribution in [1.82, 2.24) is 15.0 Å². The molecule has 0 saturated heterocycles. The third kappa shape index (κ3) is 5.27. The van der Waals surface area contributed by atoms with E-state index in [4.69, 9.17) is 5.73 Å². The van der Waals surface area contributed by atoms with E-state index in [0.717, 1.165) is 12.8 Å². The maximum atomic E-state index is 11.9. The van der Waals surface area contributed by atoms with Crippen molar-refractivity contribution in [2.45, 2.75) is 43.0 Å². The second-order valence-electron chi connectivity index (χ2n) is 5.33. The monoisotopic (exact) mass is 325 g/mol. The van der Waals surface area contributed by atoms with Gasteiger partial charge in [-0.25, -0.2) is 13.1 Å². The number of nitrogens with two attached hydrogens (primary N) is 1. The molecule has 4 N–H and O–H groups in total. The van der Waals surface area contributed by atoms with E-state index in [-0.39, 0.29) is 11.4 Å². The third-order valence-corrected chi connectivity index (χ3v) is 5.03. The van der Waals surface area contributed by atoms with Crippen molar-refractivity contribution in [1.29, 1.82) is 0 Å². The quantitative estimate of drug-likeness (QED) is 0.403. The number of aromatic nitrogens is 1. The number of guanidine groups is 1. The third-order valence-electron chi connectivity index (χ3n) is 3.59. The fourth-order valence-corrected chi connectivity index (χ4v) is 3.43. The van der Waals surface area contributed by atoms with Gasteiger partial charge in [-0.1, -0.05) is 19.3 Å². The van der Waals surface area contributed by atoms with Gasteiger partial charge in [-0.05, 0) is 25.0 Å². The van der Waals surface area contributed by atoms with Gasteiger partial charge in [0.1, 0.15) is 4.90 Å². The van der Waals surface area contributed by atoms with Gasteiger partial charge in [-0.3, -0.25) is 9.98 Å². The maximum absolute atomic E-state index is 11.9. The molecule has 0 radical (unpaired) electrons. The number of pyridine rings is 1. The van der Waals surface area contributed by atoms with Gasteiger partial charge < -0.3 is 11.1 Å². The number of nitrogens with zero attached hydrogens (tertiary/aromatic N) is 2. The first kappa shape index (κ1) is 16.7. The lowest BCUT2D eigenvalue weighted by Crippen LogP contribution is -2.41. The second kappa shape index (κ2) is 8.09. The number of hydrogen-bond acceptors (Lipinski definition) is 4. The maximum Gasteiger partial charge on any atom is 0.242 e. The molecule has 2 rings (SSSR count). The van der Waals surface area contributed by atoms with E-state index in [1.54, 1.807) is 6.07 Å². The Morgan fingerprint density at radius 3 is 2.82 bits per heavy atom. The van der Waals surface area contributed by atoms with Crippen molar-refractivity contribution in [3.05, 3.63) is 24.5 Å². The number of sulfonamides is 1. The van der Waals surface area contributed by atoms with Crippen LogP contribution >= 0.6 is 0 Å². The highest BCUT2D eigenvalue weighted by molar-refractivity contribution is 7.89. The Kier molecular flexibility index (Phi) is 6.14. The molecule has 1 fully saturated rings. The Labute approximate surface area is 131 Å². The summed E-state index contributed by atoms with van der Waals surface area (Å²) in [7, 11) is -3.53. The standard InChI is InChI=1S/C14H23N5O2S/c15-14(19-12-5-2-1-3-6-12)17-9-10-18-22(20,21)13-7-4-8-16-11-13/h4,7-8,11-12,18H,1-3,5-6,9-10H2,(H3,15,17,19). The molecule has 1 aliphatic carbocycles. The first-order chi connectivity index (χ1) is 10.6. The van der Waals surface area contributed by atoms with Crippen LogP contribution < -0.4 is 15.8 Å². The molecule has 1 aliphatic rings. The van der Waals surface area contributed by atoms with Crippen LogP contribution in [0.2, 0.25) is 0 Å². The van der Waals surface area contributed by atoms with Crippen molar-refractivity contribution >= 4 is 16.0 Å². The highest BCUT2D eigenvalue weighted by atomic mass is 32.2. The molecule has 0 aliphatic heterocycles. The largest absolute Gasteiger partial charge is 0.370 e. The first-order valence-corrected chi connectivity index (χ1v) is 9.02. The molecule has 0 bridgehead atoms. The van der Waals surface area contributed by atoms with Gasteiger partial charge in [0.15, 0.2) is 5.96 Å². The number of aliphatic imine (C=N–C) groups is 1. The zero-order valence-corrected chi connectivity index (χ0v) is 13.3. The summed E-state index contributed by atoms with van der Waals surface area (Å²) in [5.74, 6) is 0.382. The van der Waals surface area contributed by atoms with Crippen LogP contribution in [0.3, 0.4) is 0 Å². The molecule has 0 amide bonds. The minimum absolute atomic E-state index is 0.146. The van der Waals surface area contributed by atoms with E-state index in [0.29, 0.717) is 18.5 Å². The van der Waals surface area contributed by atoms with E-state index in [2.05, 4.69) is 20.0 Å². The number of rotatable bonds is 6. The summed E-state index contributed by atoms with van der Waals surface area (Å²) in [5, 5.41) is 3.19. The first-order valence-electron chi connectivity index (χ1n) is 7.54. The van der Waals surface area contributed by atoms with Crippen LogP contribution in [-0.4, -0.2) is 38.5 Å². The zero-order valence-electron chi connectivity index (χ0n) is 12.5. The van der Waals surface area contributed by atoms with Gasteiger partial charge >= 0.3 is 0 Å². The Hall–Kier alpha value is -1.67. The molecule has 0 aromatic carbocycles. The molecule has 8 heteroatoms. The topological polar surface area (TPSA) is 109 Å². The van der Waals surface area contributed by atoms with Crippen LogP contribution in [0.1, 0.15) is 32.1 Å². The lowest BCUT2D eigenvalue weighted by atomic mass is 9.96. The Bertz CT molecular complexity index is 583. The molecular weight excluding hydrogens is 302 g/mol. The fourth-order valence-electron chi connectivity index (χ4n) is 2.45. The molecule has 0 atom stereocenters. The minimum atomic E-state index is -3.53. The molecule has 1 saturated carbocycles. The van der Waals surface area contributed by atoms with Gasteiger partial charge in [-0.2, -0.15) is 0 Å². The average molecular weight is 325 g/mol. The molecule has 0 spiro atoms. The minimum Gasteiger partial charge on any atom is -0.370 e. The van der Waals surface area contributed by atoms with Gasteiger partial charge in [0.05, 0.1) is 6.54 Å². The summed E-state index contributed by atoms with van der Waals surface area (Å²) in [4.78, 5) is 8.10. The fraction of sp³-hybridized carbons (Fsp3) is 0.571. The Balaban J connectivity index is 1.74. The Morgan fingerprint density at radius 1 is 1.36 bits per heavy atom. The average Bonchev–Trinajstić information content (AvgIpc) is 2.53. The van der Waals surface area contributed by atoms with Crippen LogP contribution in [0.25, 0.3) is 0 Å². The summed E-state index contributed by atoms with van der Waals surface area (Å²) in [6, 6.07) is 3.47. The molecule has 22 heavy (non-hydrogen) atoms. The van der Waals surface area contributed by atoms with E-state index in [1.807, 2.05) is 0 Å². The molecule has 1 aromatic heterocycles. The summed E-state index contributed by atoms with van der Waals surface area (Å²) in [5.41, 5.74) is 5.82. The van der Waals surface area contributed by atoms with Crippen LogP contribution in [-0.2, 0) is 10.0 Å². The van der Waals surface area contributed by atoms with Crippen molar-refractivity contribution in [3.63, 3.8) is 0 Å². The lowest BCUT2D eigenvalue weighted by molar-refractivity contribution is 0.412. The predicted molar refractivity (Wildman–Crippen MR) is 85.9 cm³/mol. The van der Waals surface area contributed by atoms with Gasteiger partial charge in [0, 0.05) is 25.0 Å². The number of hydrogen-bond donors (Lipinski definition) is 3. The van der Waals surface area contributed by atoms with Crippen LogP contribution in [0.4, 0.5) is 0 Å². The van der Waals surface area contributed by atoms with Gasteiger partial charge in [0.2, 0.25) is 10.0 Å². The summed E-state index contributed by atoms with van der Waals surface area (Å²) in [6.07, 6.45) is 8.79. The summed E-state index contributed by atoms with van der Waals surface area (Å²) >= 11 is 0. The normalized spacial score (nSPS) is 17.4. The van der Waals surface area contributed by atoms with E-state index in [1.165, 1.54) is 37.7 Å². The second-order valence-corrected chi connectivity index (χ2v) is 7.10. The SMILES string of the molecule is NC(=NCCNS(=O)(=O)c1cccnc1)NC1CCCCC1. The van der Waals surface area contributed by atoms with Crippen molar-refractivity contribution in [2.75, 3.05) is 13.1 Å². The molecule has 1 aromatic rings. The molecular formula is C14H23N5O2S. The molecule has 0 unspecified atom stereocenters. The van der Waals surface area contributed by atoms with Crippen molar-refractivity contribution in [3.8, 4) is 0 Å². The van der Waals surface area contributed by atoms with E-state index >= 15 is 0 Å². The molecule has 1 heterocycles. The lowest BCUT2D eigenvalue weighted by Gasteiger charge is -2.23. The predicted octanol–water partition coefficient (Wildman–Crippen LogP) is 0.597. The van der Waals surface area contributed by atoms with Crippen LogP contribution in [0.5, 0.6) is 0 Å². The highest BCUT2D eigenvalue weighted by Crippen LogP contribution is 2.16. The molecule has 122 valence electrons. The number of nitrogens with one attached hydrogen (secondary N) is 2. The van der Waals surface area contributed by atoms with Crippen molar-refractivity contribution < 1.29 is 8.42 Å².